The molecule has 0 aliphatic carbocycles. The van der Waals surface area contributed by atoms with Crippen molar-refractivity contribution in [2.45, 2.75) is 24.8 Å². The molecule has 31 heavy (non-hydrogen) atoms. The molecule has 0 atom stereocenters. The van der Waals surface area contributed by atoms with Crippen LogP contribution >= 0.6 is 11.6 Å². The highest BCUT2D eigenvalue weighted by Gasteiger charge is 2.33. The lowest BCUT2D eigenvalue weighted by Gasteiger charge is -2.30. The van der Waals surface area contributed by atoms with Crippen molar-refractivity contribution in [3.63, 3.8) is 0 Å². The second kappa shape index (κ2) is 9.13. The molecular weight excluding hydrogens is 460 g/mol. The zero-order chi connectivity index (χ0) is 22.8. The number of anilines is 1. The Morgan fingerprint density at radius 2 is 1.71 bits per heavy atom. The molecule has 0 unspecified atom stereocenters. The van der Waals surface area contributed by atoms with Crippen LogP contribution in [0.2, 0.25) is 5.02 Å². The molecule has 5 nitrogen and oxygen atoms in total. The predicted octanol–water partition coefficient (Wildman–Crippen LogP) is 4.68. The maximum Gasteiger partial charge on any atom is 0.416 e. The summed E-state index contributed by atoms with van der Waals surface area (Å²) in [7, 11) is -3.65. The molecular formula is C20H19ClF4N2O3S. The molecule has 0 saturated carbocycles. The summed E-state index contributed by atoms with van der Waals surface area (Å²) in [6.45, 7) is 0.190. The molecule has 1 saturated heterocycles. The van der Waals surface area contributed by atoms with Gasteiger partial charge in [0, 0.05) is 19.0 Å². The van der Waals surface area contributed by atoms with Crippen LogP contribution < -0.4 is 5.32 Å². The average Bonchev–Trinajstić information content (AvgIpc) is 2.70. The Kier molecular flexibility index (Phi) is 6.92. The van der Waals surface area contributed by atoms with Crippen molar-refractivity contribution < 1.29 is 30.8 Å². The molecule has 0 spiro atoms. The largest absolute Gasteiger partial charge is 0.416 e. The second-order valence-corrected chi connectivity index (χ2v) is 9.61. The summed E-state index contributed by atoms with van der Waals surface area (Å²) in [6, 6.07) is 7.80. The number of piperidine rings is 1. The topological polar surface area (TPSA) is 66.5 Å². The van der Waals surface area contributed by atoms with E-state index >= 15 is 0 Å². The van der Waals surface area contributed by atoms with E-state index < -0.39 is 39.4 Å². The van der Waals surface area contributed by atoms with Gasteiger partial charge in [0.2, 0.25) is 15.9 Å². The molecule has 2 aromatic carbocycles. The van der Waals surface area contributed by atoms with Gasteiger partial charge in [0.15, 0.2) is 0 Å². The SMILES string of the molecule is O=C(Nc1cc(C(F)(F)F)ccc1Cl)C1CCN(S(=O)(=O)Cc2ccc(F)cc2)CC1. The minimum atomic E-state index is -4.58. The molecule has 168 valence electrons. The zero-order valence-corrected chi connectivity index (χ0v) is 17.7. The molecule has 1 aliphatic rings. The lowest BCUT2D eigenvalue weighted by molar-refractivity contribution is -0.137. The normalized spacial score (nSPS) is 16.3. The maximum absolute atomic E-state index is 13.0. The number of carbonyl (C=O) groups excluding carboxylic acids is 1. The number of nitrogens with zero attached hydrogens (tertiary/aromatic N) is 1. The number of hydrogen-bond donors (Lipinski definition) is 1. The van der Waals surface area contributed by atoms with Crippen molar-refractivity contribution in [2.75, 3.05) is 18.4 Å². The lowest BCUT2D eigenvalue weighted by atomic mass is 9.97. The minimum Gasteiger partial charge on any atom is -0.325 e. The van der Waals surface area contributed by atoms with Crippen molar-refractivity contribution >= 4 is 33.2 Å². The highest BCUT2D eigenvalue weighted by Crippen LogP contribution is 2.34. The monoisotopic (exact) mass is 478 g/mol. The van der Waals surface area contributed by atoms with E-state index in [-0.39, 0.29) is 42.4 Å². The van der Waals surface area contributed by atoms with Gasteiger partial charge >= 0.3 is 6.18 Å². The Labute approximate surface area is 182 Å². The highest BCUT2D eigenvalue weighted by atomic mass is 35.5. The molecule has 1 heterocycles. The van der Waals surface area contributed by atoms with Crippen LogP contribution in [0.25, 0.3) is 0 Å². The van der Waals surface area contributed by atoms with Crippen LogP contribution in [-0.2, 0) is 26.7 Å². The lowest BCUT2D eigenvalue weighted by Crippen LogP contribution is -2.41. The number of benzene rings is 2. The van der Waals surface area contributed by atoms with Gasteiger partial charge in [-0.15, -0.1) is 0 Å². The van der Waals surface area contributed by atoms with E-state index in [2.05, 4.69) is 5.32 Å². The summed E-state index contributed by atoms with van der Waals surface area (Å²) >= 11 is 5.91. The Balaban J connectivity index is 1.60. The number of halogens is 5. The summed E-state index contributed by atoms with van der Waals surface area (Å²) < 4.78 is 78.1. The van der Waals surface area contributed by atoms with E-state index in [1.54, 1.807) is 0 Å². The third-order valence-electron chi connectivity index (χ3n) is 5.03. The van der Waals surface area contributed by atoms with E-state index in [9.17, 15) is 30.8 Å². The average molecular weight is 479 g/mol. The first kappa shape index (κ1) is 23.5. The third kappa shape index (κ3) is 5.96. The van der Waals surface area contributed by atoms with Crippen LogP contribution in [0.15, 0.2) is 42.5 Å². The van der Waals surface area contributed by atoms with Gasteiger partial charge < -0.3 is 5.32 Å². The molecule has 0 aromatic heterocycles. The first-order valence-electron chi connectivity index (χ1n) is 9.35. The van der Waals surface area contributed by atoms with Gasteiger partial charge in [-0.1, -0.05) is 23.7 Å². The quantitative estimate of drug-likeness (QED) is 0.635. The van der Waals surface area contributed by atoms with E-state index in [1.807, 2.05) is 0 Å². The fraction of sp³-hybridized carbons (Fsp3) is 0.350. The summed E-state index contributed by atoms with van der Waals surface area (Å²) in [6.07, 6.45) is -4.15. The van der Waals surface area contributed by atoms with Crippen LogP contribution in [0.1, 0.15) is 24.0 Å². The smallest absolute Gasteiger partial charge is 0.325 e. The van der Waals surface area contributed by atoms with Gasteiger partial charge in [-0.3, -0.25) is 4.79 Å². The Hall–Kier alpha value is -2.17. The number of hydrogen-bond acceptors (Lipinski definition) is 3. The summed E-state index contributed by atoms with van der Waals surface area (Å²) in [5, 5.41) is 2.39. The molecule has 3 rings (SSSR count). The molecule has 1 N–H and O–H groups in total. The third-order valence-corrected chi connectivity index (χ3v) is 7.21. The van der Waals surface area contributed by atoms with Gasteiger partial charge in [0.05, 0.1) is 22.0 Å². The standard InChI is InChI=1S/C20H19ClF4N2O3S/c21-17-6-3-15(20(23,24)25)11-18(17)26-19(28)14-7-9-27(10-8-14)31(29,30)12-13-1-4-16(22)5-2-13/h1-6,11,14H,7-10,12H2,(H,26,28). The van der Waals surface area contributed by atoms with Gasteiger partial charge in [-0.05, 0) is 48.7 Å². The van der Waals surface area contributed by atoms with Crippen molar-refractivity contribution in [2.24, 2.45) is 5.92 Å². The first-order chi connectivity index (χ1) is 14.5. The number of rotatable bonds is 5. The Bertz CT molecular complexity index is 1050. The highest BCUT2D eigenvalue weighted by molar-refractivity contribution is 7.88. The van der Waals surface area contributed by atoms with E-state index in [0.29, 0.717) is 5.56 Å². The molecule has 1 fully saturated rings. The van der Waals surface area contributed by atoms with Gasteiger partial charge in [0.25, 0.3) is 0 Å². The van der Waals surface area contributed by atoms with Crippen LogP contribution in [-0.4, -0.2) is 31.7 Å². The minimum absolute atomic E-state index is 0.0272. The van der Waals surface area contributed by atoms with E-state index in [1.165, 1.54) is 28.6 Å². The van der Waals surface area contributed by atoms with Crippen molar-refractivity contribution in [3.8, 4) is 0 Å². The van der Waals surface area contributed by atoms with Crippen LogP contribution in [0, 0.1) is 11.7 Å². The van der Waals surface area contributed by atoms with Gasteiger partial charge in [0.1, 0.15) is 5.82 Å². The molecule has 0 bridgehead atoms. The first-order valence-corrected chi connectivity index (χ1v) is 11.3. The van der Waals surface area contributed by atoms with Crippen LogP contribution in [0.5, 0.6) is 0 Å². The van der Waals surface area contributed by atoms with Crippen molar-refractivity contribution in [1.29, 1.82) is 0 Å². The van der Waals surface area contributed by atoms with Gasteiger partial charge in [-0.2, -0.15) is 13.2 Å². The summed E-state index contributed by atoms with van der Waals surface area (Å²) in [4.78, 5) is 12.5. The summed E-state index contributed by atoms with van der Waals surface area (Å²) in [5.74, 6) is -1.84. The van der Waals surface area contributed by atoms with E-state index in [0.717, 1.165) is 18.2 Å². The number of alkyl halides is 3. The van der Waals surface area contributed by atoms with Crippen LogP contribution in [0.3, 0.4) is 0 Å². The fourth-order valence-corrected chi connectivity index (χ4v) is 5.04. The molecule has 1 amide bonds. The zero-order valence-electron chi connectivity index (χ0n) is 16.1. The predicted molar refractivity (Wildman–Crippen MR) is 108 cm³/mol. The van der Waals surface area contributed by atoms with E-state index in [4.69, 9.17) is 11.6 Å². The number of carbonyl (C=O) groups is 1. The molecule has 0 radical (unpaired) electrons. The number of sulfonamides is 1. The molecule has 11 heteroatoms. The van der Waals surface area contributed by atoms with Crippen molar-refractivity contribution in [3.05, 3.63) is 64.4 Å². The number of amides is 1. The molecule has 2 aromatic rings. The number of nitrogens with one attached hydrogen (secondary N) is 1. The van der Waals surface area contributed by atoms with Gasteiger partial charge in [-0.25, -0.2) is 17.1 Å². The second-order valence-electron chi connectivity index (χ2n) is 7.24. The van der Waals surface area contributed by atoms with Crippen molar-refractivity contribution in [1.82, 2.24) is 4.31 Å². The van der Waals surface area contributed by atoms with Crippen LogP contribution in [0.4, 0.5) is 23.2 Å². The summed E-state index contributed by atoms with van der Waals surface area (Å²) in [5.41, 5.74) is -0.637. The Morgan fingerprint density at radius 3 is 2.29 bits per heavy atom. The maximum atomic E-state index is 13.0. The fourth-order valence-electron chi connectivity index (χ4n) is 3.31. The molecule has 1 aliphatic heterocycles. The Morgan fingerprint density at radius 1 is 1.10 bits per heavy atom.